The Labute approximate surface area is 218 Å². The Kier molecular flexibility index (Phi) is 5.61. The summed E-state index contributed by atoms with van der Waals surface area (Å²) in [5.41, 5.74) is 10.2. The first kappa shape index (κ1) is 23.1. The molecule has 6 heterocycles. The third-order valence-corrected chi connectivity index (χ3v) is 6.79. The fraction of sp³-hybridized carbons (Fsp3) is 0.172. The summed E-state index contributed by atoms with van der Waals surface area (Å²) in [6.07, 6.45) is 6.34. The van der Waals surface area contributed by atoms with Crippen molar-refractivity contribution in [1.29, 1.82) is 0 Å². The number of rotatable bonds is 6. The van der Waals surface area contributed by atoms with Gasteiger partial charge in [0.15, 0.2) is 0 Å². The molecule has 0 bridgehead atoms. The van der Waals surface area contributed by atoms with Crippen LogP contribution in [-0.2, 0) is 0 Å². The van der Waals surface area contributed by atoms with Gasteiger partial charge < -0.3 is 10.3 Å². The maximum Gasteiger partial charge on any atom is 0.135 e. The van der Waals surface area contributed by atoms with Crippen LogP contribution >= 0.6 is 11.3 Å². The minimum absolute atomic E-state index is 0.155. The smallest absolute Gasteiger partial charge is 0.135 e. The van der Waals surface area contributed by atoms with Crippen molar-refractivity contribution in [3.8, 4) is 33.9 Å². The van der Waals surface area contributed by atoms with Crippen LogP contribution in [-0.4, -0.2) is 30.1 Å². The Hall–Kier alpha value is -4.30. The standard InChI is InChI=1S/C29H27N7S/c1-17(13-29(2,3)4)32-20-11-19(14-30-15-20)22-5-6-24-27(34-22)28(36-35-24)25-12-21-23(33-25)7-9-31-26(21)18-8-10-37-16-18/h5-12,14-16,32-33H,1,13H2,2-4H3,(H,35,36). The first-order valence-corrected chi connectivity index (χ1v) is 13.0. The molecule has 6 rings (SSSR count). The summed E-state index contributed by atoms with van der Waals surface area (Å²) < 4.78 is 0. The number of thiophene rings is 1. The second-order valence-electron chi connectivity index (χ2n) is 10.4. The summed E-state index contributed by atoms with van der Waals surface area (Å²) in [6.45, 7) is 10.8. The Morgan fingerprint density at radius 2 is 1.92 bits per heavy atom. The highest BCUT2D eigenvalue weighted by molar-refractivity contribution is 7.08. The van der Waals surface area contributed by atoms with E-state index in [4.69, 9.17) is 4.98 Å². The predicted octanol–water partition coefficient (Wildman–Crippen LogP) is 7.65. The maximum atomic E-state index is 4.99. The first-order valence-electron chi connectivity index (χ1n) is 12.1. The van der Waals surface area contributed by atoms with Gasteiger partial charge in [-0.3, -0.25) is 15.1 Å². The van der Waals surface area contributed by atoms with Crippen LogP contribution in [0.3, 0.4) is 0 Å². The highest BCUT2D eigenvalue weighted by Crippen LogP contribution is 2.34. The van der Waals surface area contributed by atoms with Gasteiger partial charge in [-0.25, -0.2) is 4.98 Å². The summed E-state index contributed by atoms with van der Waals surface area (Å²) in [4.78, 5) is 17.6. The van der Waals surface area contributed by atoms with Crippen LogP contribution in [0.25, 0.3) is 55.8 Å². The number of H-pyrrole nitrogens is 2. The number of hydrogen-bond acceptors (Lipinski definition) is 6. The van der Waals surface area contributed by atoms with Gasteiger partial charge in [-0.2, -0.15) is 16.4 Å². The van der Waals surface area contributed by atoms with E-state index in [0.717, 1.165) is 73.6 Å². The van der Waals surface area contributed by atoms with Crippen LogP contribution in [0.5, 0.6) is 0 Å². The zero-order valence-electron chi connectivity index (χ0n) is 21.0. The average molecular weight is 506 g/mol. The lowest BCUT2D eigenvalue weighted by molar-refractivity contribution is 0.411. The summed E-state index contributed by atoms with van der Waals surface area (Å²) >= 11 is 1.66. The zero-order valence-corrected chi connectivity index (χ0v) is 21.8. The number of pyridine rings is 3. The molecule has 0 unspecified atom stereocenters. The molecule has 7 nitrogen and oxygen atoms in total. The lowest BCUT2D eigenvalue weighted by Crippen LogP contribution is -2.10. The SMILES string of the molecule is C=C(CC(C)(C)C)Nc1cncc(-c2ccc3[nH]nc(-c4cc5c(-c6ccsc6)nccc5[nH]4)c3n2)c1. The van der Waals surface area contributed by atoms with E-state index < -0.39 is 0 Å². The van der Waals surface area contributed by atoms with Gasteiger partial charge in [-0.1, -0.05) is 27.4 Å². The number of hydrogen-bond donors (Lipinski definition) is 3. The van der Waals surface area contributed by atoms with Crippen molar-refractivity contribution in [2.75, 3.05) is 5.32 Å². The summed E-state index contributed by atoms with van der Waals surface area (Å²) in [5, 5.41) is 16.4. The molecule has 0 saturated heterocycles. The first-order chi connectivity index (χ1) is 17.8. The fourth-order valence-corrected chi connectivity index (χ4v) is 5.24. The van der Waals surface area contributed by atoms with Crippen molar-refractivity contribution in [2.24, 2.45) is 5.41 Å². The monoisotopic (exact) mass is 505 g/mol. The molecule has 0 saturated carbocycles. The summed E-state index contributed by atoms with van der Waals surface area (Å²) in [7, 11) is 0. The third kappa shape index (κ3) is 4.63. The van der Waals surface area contributed by atoms with Crippen LogP contribution in [0.1, 0.15) is 27.2 Å². The molecule has 3 N–H and O–H groups in total. The average Bonchev–Trinajstić information content (AvgIpc) is 3.61. The Morgan fingerprint density at radius 1 is 1.03 bits per heavy atom. The van der Waals surface area contributed by atoms with Crippen molar-refractivity contribution in [3.63, 3.8) is 0 Å². The quantitative estimate of drug-likeness (QED) is 0.216. The van der Waals surface area contributed by atoms with Crippen LogP contribution in [0.2, 0.25) is 0 Å². The van der Waals surface area contributed by atoms with Crippen molar-refractivity contribution >= 4 is 39.0 Å². The number of anilines is 1. The van der Waals surface area contributed by atoms with Gasteiger partial charge in [0.2, 0.25) is 0 Å². The largest absolute Gasteiger partial charge is 0.358 e. The minimum Gasteiger partial charge on any atom is -0.358 e. The molecule has 0 aliphatic heterocycles. The number of aromatic amines is 2. The van der Waals surface area contributed by atoms with Gasteiger partial charge in [0, 0.05) is 45.5 Å². The Morgan fingerprint density at radius 3 is 2.73 bits per heavy atom. The van der Waals surface area contributed by atoms with Crippen LogP contribution in [0.15, 0.2) is 78.0 Å². The molecule has 6 aromatic rings. The van der Waals surface area contributed by atoms with Crippen molar-refractivity contribution in [2.45, 2.75) is 27.2 Å². The van der Waals surface area contributed by atoms with E-state index in [1.54, 1.807) is 11.3 Å². The van der Waals surface area contributed by atoms with Crippen LogP contribution in [0, 0.1) is 5.41 Å². The molecule has 184 valence electrons. The van der Waals surface area contributed by atoms with E-state index >= 15 is 0 Å². The summed E-state index contributed by atoms with van der Waals surface area (Å²) in [6, 6.07) is 12.2. The molecule has 37 heavy (non-hydrogen) atoms. The lowest BCUT2D eigenvalue weighted by atomic mass is 9.91. The molecule has 0 aliphatic rings. The van der Waals surface area contributed by atoms with E-state index in [0.29, 0.717) is 0 Å². The highest BCUT2D eigenvalue weighted by Gasteiger charge is 2.17. The van der Waals surface area contributed by atoms with E-state index in [-0.39, 0.29) is 5.41 Å². The fourth-order valence-electron chi connectivity index (χ4n) is 4.60. The lowest BCUT2D eigenvalue weighted by Gasteiger charge is -2.20. The van der Waals surface area contributed by atoms with Crippen LogP contribution < -0.4 is 5.32 Å². The molecule has 0 aliphatic carbocycles. The van der Waals surface area contributed by atoms with Crippen molar-refractivity contribution < 1.29 is 0 Å². The second kappa shape index (κ2) is 8.97. The van der Waals surface area contributed by atoms with Gasteiger partial charge in [0.1, 0.15) is 11.2 Å². The third-order valence-electron chi connectivity index (χ3n) is 6.10. The highest BCUT2D eigenvalue weighted by atomic mass is 32.1. The molecule has 0 radical (unpaired) electrons. The number of nitrogens with zero attached hydrogens (tertiary/aromatic N) is 4. The second-order valence-corrected chi connectivity index (χ2v) is 11.2. The van der Waals surface area contributed by atoms with Crippen molar-refractivity contribution in [3.05, 3.63) is 78.0 Å². The topological polar surface area (TPSA) is 95.2 Å². The van der Waals surface area contributed by atoms with E-state index in [9.17, 15) is 0 Å². The van der Waals surface area contributed by atoms with E-state index in [1.807, 2.05) is 36.8 Å². The normalized spacial score (nSPS) is 11.9. The summed E-state index contributed by atoms with van der Waals surface area (Å²) in [5.74, 6) is 0. The number of aromatic nitrogens is 6. The molecular weight excluding hydrogens is 478 g/mol. The maximum absolute atomic E-state index is 4.99. The number of nitrogens with one attached hydrogen (secondary N) is 3. The number of fused-ring (bicyclic) bond motifs is 2. The number of allylic oxidation sites excluding steroid dienone is 1. The van der Waals surface area contributed by atoms with Gasteiger partial charge >= 0.3 is 0 Å². The minimum atomic E-state index is 0.155. The molecule has 8 heteroatoms. The molecule has 6 aromatic heterocycles. The van der Waals surface area contributed by atoms with E-state index in [2.05, 4.69) is 86.8 Å². The van der Waals surface area contributed by atoms with Gasteiger partial charge in [-0.15, -0.1) is 0 Å². The molecule has 0 aromatic carbocycles. The van der Waals surface area contributed by atoms with Gasteiger partial charge in [0.25, 0.3) is 0 Å². The molecule has 0 amide bonds. The molecule has 0 spiro atoms. The Bertz CT molecular complexity index is 1740. The molecule has 0 fully saturated rings. The van der Waals surface area contributed by atoms with Gasteiger partial charge in [-0.05, 0) is 53.6 Å². The van der Waals surface area contributed by atoms with Crippen LogP contribution in [0.4, 0.5) is 5.69 Å². The molecule has 0 atom stereocenters. The van der Waals surface area contributed by atoms with E-state index in [1.165, 1.54) is 0 Å². The molecular formula is C29H27N7S. The van der Waals surface area contributed by atoms with Gasteiger partial charge in [0.05, 0.1) is 34.5 Å². The van der Waals surface area contributed by atoms with Crippen molar-refractivity contribution in [1.82, 2.24) is 30.1 Å². The predicted molar refractivity (Wildman–Crippen MR) is 152 cm³/mol. The Balaban J connectivity index is 1.36. The zero-order chi connectivity index (χ0) is 25.6.